The van der Waals surface area contributed by atoms with Crippen LogP contribution in [0.5, 0.6) is 0 Å². The first-order valence-electron chi connectivity index (χ1n) is 6.23. The van der Waals surface area contributed by atoms with Crippen LogP contribution in [0, 0.1) is 0 Å². The number of rotatable bonds is 10. The summed E-state index contributed by atoms with van der Waals surface area (Å²) in [5.74, 6) is -12.0. The zero-order chi connectivity index (χ0) is 21.3. The van der Waals surface area contributed by atoms with Gasteiger partial charge in [0.05, 0.1) is 11.9 Å². The fraction of sp³-hybridized carbons (Fsp3) is 0.500. The van der Waals surface area contributed by atoms with Crippen LogP contribution in [0.4, 0.5) is 0 Å². The molecule has 150 valence electrons. The summed E-state index contributed by atoms with van der Waals surface area (Å²) in [6, 6.07) is 0. The molecule has 0 atom stereocenters. The smallest absolute Gasteiger partial charge is 1.00 e. The molecule has 0 amide bonds. The Morgan fingerprint density at radius 1 is 0.533 bits per heavy atom. The van der Waals surface area contributed by atoms with Gasteiger partial charge in [0.1, 0.15) is 11.2 Å². The number of aliphatic hydroxyl groups is 2. The minimum Gasteiger partial charge on any atom is -1.00 e. The van der Waals surface area contributed by atoms with Crippen molar-refractivity contribution in [2.75, 3.05) is 0 Å². The van der Waals surface area contributed by atoms with Crippen LogP contribution >= 0.6 is 0 Å². The Labute approximate surface area is 240 Å². The number of hydrogen-bond acceptors (Lipinski definition) is 14. The van der Waals surface area contributed by atoms with Gasteiger partial charge in [-0.2, -0.15) is 0 Å². The number of carboxylic acid groups (broad SMARTS) is 6. The zero-order valence-corrected chi connectivity index (χ0v) is 22.0. The molecule has 0 aromatic rings. The molecule has 0 radical (unpaired) electrons. The number of carbonyl (C=O) groups is 6. The molecule has 0 unspecified atom stereocenters. The van der Waals surface area contributed by atoms with E-state index in [1.165, 1.54) is 0 Å². The Bertz CT molecular complexity index is 533. The van der Waals surface area contributed by atoms with Crippen LogP contribution in [0.25, 0.3) is 0 Å². The molecule has 18 heteroatoms. The third-order valence-corrected chi connectivity index (χ3v) is 2.51. The first-order chi connectivity index (χ1) is 11.6. The Morgan fingerprint density at radius 2 is 0.667 bits per heavy atom. The van der Waals surface area contributed by atoms with Crippen LogP contribution < -0.4 is 60.2 Å². The molecule has 14 nitrogen and oxygen atoms in total. The number of carbonyl (C=O) groups excluding carboxylic acids is 6. The van der Waals surface area contributed by atoms with Crippen molar-refractivity contribution in [1.29, 1.82) is 0 Å². The SMILES string of the molecule is O=C([O-])CC(O)(CC(=O)[O-])C(=O)[O-].O=C([O-])CC(O)(CC(=O)[O-])C(=O)[O-].[H-].[Mg+2].[Mg+2].[Mg+2].[Na+]. The molecule has 2 N–H and O–H groups in total. The second-order valence-corrected chi connectivity index (χ2v) is 4.83. The van der Waals surface area contributed by atoms with Gasteiger partial charge in [0.25, 0.3) is 0 Å². The molecule has 0 spiro atoms. The van der Waals surface area contributed by atoms with E-state index in [-0.39, 0.29) is 100 Å². The predicted octanol–water partition coefficient (Wildman–Crippen LogP) is -14.5. The van der Waals surface area contributed by atoms with Crippen LogP contribution in [-0.2, 0) is 28.8 Å². The summed E-state index contributed by atoms with van der Waals surface area (Å²) in [4.78, 5) is 60.0. The van der Waals surface area contributed by atoms with Crippen LogP contribution in [-0.4, -0.2) is 126 Å². The van der Waals surface area contributed by atoms with Crippen molar-refractivity contribution in [3.05, 3.63) is 0 Å². The fourth-order valence-electron chi connectivity index (χ4n) is 1.37. The molecule has 0 fully saturated rings. The molecule has 30 heavy (non-hydrogen) atoms. The molecule has 0 heterocycles. The van der Waals surface area contributed by atoms with E-state index in [2.05, 4.69) is 0 Å². The average molecular weight is 475 g/mol. The van der Waals surface area contributed by atoms with E-state index in [0.717, 1.165) is 0 Å². The van der Waals surface area contributed by atoms with Crippen molar-refractivity contribution < 1.29 is 101 Å². The summed E-state index contributed by atoms with van der Waals surface area (Å²) in [6.07, 6.45) is -5.43. The minimum atomic E-state index is -2.97. The summed E-state index contributed by atoms with van der Waals surface area (Å²) in [5.41, 5.74) is -5.95. The monoisotopic (exact) mass is 474 g/mol. The van der Waals surface area contributed by atoms with Gasteiger partial charge in [-0.3, -0.25) is 0 Å². The molecular weight excluding hydrogens is 464 g/mol. The van der Waals surface area contributed by atoms with Crippen molar-refractivity contribution in [2.45, 2.75) is 36.9 Å². The number of aliphatic carboxylic acids is 6. The predicted molar refractivity (Wildman–Crippen MR) is 76.8 cm³/mol. The topological polar surface area (TPSA) is 281 Å². The fourth-order valence-corrected chi connectivity index (χ4v) is 1.37. The standard InChI is InChI=1S/2C6H8O7.3Mg.Na.H/c2*7-3(8)1-6(13,5(11)12)2-4(9)10;;;;;/h2*13H,1-2H2,(H,7,8)(H,9,10)(H,11,12);;;;;/q;;3*+2;+1;-1/p-6. The van der Waals surface area contributed by atoms with E-state index in [1.54, 1.807) is 0 Å². The van der Waals surface area contributed by atoms with Gasteiger partial charge in [0.2, 0.25) is 0 Å². The van der Waals surface area contributed by atoms with Crippen molar-refractivity contribution >= 4 is 105 Å². The Kier molecular flexibility index (Phi) is 28.8. The van der Waals surface area contributed by atoms with E-state index >= 15 is 0 Å². The summed E-state index contributed by atoms with van der Waals surface area (Å²) in [5, 5.41) is 77.9. The van der Waals surface area contributed by atoms with Crippen molar-refractivity contribution in [2.24, 2.45) is 0 Å². The maximum absolute atomic E-state index is 10.1. The first kappa shape index (κ1) is 43.8. The molecular formula is C12H11Mg3NaO14. The summed E-state index contributed by atoms with van der Waals surface area (Å²) >= 11 is 0. The quantitative estimate of drug-likeness (QED) is 0.278. The van der Waals surface area contributed by atoms with Crippen LogP contribution in [0.1, 0.15) is 27.1 Å². The second kappa shape index (κ2) is 19.7. The van der Waals surface area contributed by atoms with Crippen LogP contribution in [0.15, 0.2) is 0 Å². The van der Waals surface area contributed by atoms with Gasteiger partial charge in [-0.1, -0.05) is 0 Å². The van der Waals surface area contributed by atoms with Gasteiger partial charge in [0.15, 0.2) is 0 Å². The minimum absolute atomic E-state index is 0. The van der Waals surface area contributed by atoms with E-state index in [9.17, 15) is 59.4 Å². The second-order valence-electron chi connectivity index (χ2n) is 4.83. The maximum atomic E-state index is 10.1. The zero-order valence-electron chi connectivity index (χ0n) is 16.7. The first-order valence-corrected chi connectivity index (χ1v) is 6.23. The Balaban J connectivity index is -0.0000000640. The molecule has 0 aromatic carbocycles. The number of carboxylic acids is 6. The molecule has 0 saturated heterocycles. The third-order valence-electron chi connectivity index (χ3n) is 2.51. The van der Waals surface area contributed by atoms with E-state index in [1.807, 2.05) is 0 Å². The summed E-state index contributed by atoms with van der Waals surface area (Å²) in [6.45, 7) is 0. The largest absolute Gasteiger partial charge is 2.00 e. The van der Waals surface area contributed by atoms with Crippen molar-refractivity contribution in [3.8, 4) is 0 Å². The molecule has 0 saturated carbocycles. The third kappa shape index (κ3) is 20.0. The van der Waals surface area contributed by atoms with E-state index < -0.39 is 72.7 Å². The molecule has 0 aromatic heterocycles. The number of hydrogen-bond donors (Lipinski definition) is 2. The molecule has 0 aliphatic rings. The van der Waals surface area contributed by atoms with Gasteiger partial charge in [-0.25, -0.2) is 0 Å². The molecule has 0 bridgehead atoms. The van der Waals surface area contributed by atoms with Gasteiger partial charge < -0.3 is 71.0 Å². The molecule has 0 aliphatic carbocycles. The van der Waals surface area contributed by atoms with Crippen molar-refractivity contribution in [1.82, 2.24) is 0 Å². The summed E-state index contributed by atoms with van der Waals surface area (Å²) in [7, 11) is 0. The Morgan fingerprint density at radius 3 is 0.733 bits per heavy atom. The van der Waals surface area contributed by atoms with Gasteiger partial charge in [-0.15, -0.1) is 0 Å². The van der Waals surface area contributed by atoms with Gasteiger partial charge >= 0.3 is 98.7 Å². The van der Waals surface area contributed by atoms with E-state index in [4.69, 9.17) is 10.2 Å². The van der Waals surface area contributed by atoms with Crippen molar-refractivity contribution in [3.63, 3.8) is 0 Å². The van der Waals surface area contributed by atoms with Crippen LogP contribution in [0.3, 0.4) is 0 Å². The summed E-state index contributed by atoms with van der Waals surface area (Å²) < 4.78 is 0. The van der Waals surface area contributed by atoms with Gasteiger partial charge in [0, 0.05) is 49.6 Å². The van der Waals surface area contributed by atoms with Gasteiger partial charge in [-0.05, 0) is 0 Å². The van der Waals surface area contributed by atoms with Crippen LogP contribution in [0.2, 0.25) is 0 Å². The van der Waals surface area contributed by atoms with E-state index in [0.29, 0.717) is 0 Å². The molecule has 0 aliphatic heterocycles. The maximum Gasteiger partial charge on any atom is 2.00 e. The normalized spacial score (nSPS) is 9.40. The average Bonchev–Trinajstić information content (AvgIpc) is 2.34. The molecule has 0 rings (SSSR count). The Hall–Kier alpha value is 0.0387.